The fourth-order valence-electron chi connectivity index (χ4n) is 3.27. The summed E-state index contributed by atoms with van der Waals surface area (Å²) in [5, 5.41) is 12.4. The van der Waals surface area contributed by atoms with Crippen molar-refractivity contribution in [1.82, 2.24) is 14.8 Å². The maximum Gasteiger partial charge on any atom is 0.234 e. The molecule has 1 N–H and O–H groups in total. The molecule has 0 saturated carbocycles. The van der Waals surface area contributed by atoms with Crippen LogP contribution in [0, 0.1) is 6.92 Å². The maximum absolute atomic E-state index is 12.6. The van der Waals surface area contributed by atoms with Crippen LogP contribution in [-0.2, 0) is 4.79 Å². The molecule has 4 rings (SSSR count). The van der Waals surface area contributed by atoms with E-state index in [1.54, 1.807) is 0 Å². The fraction of sp³-hybridized carbons (Fsp3) is 0.160. The number of hydrogen-bond acceptors (Lipinski definition) is 5. The van der Waals surface area contributed by atoms with E-state index in [1.165, 1.54) is 11.8 Å². The topological polar surface area (TPSA) is 69.0 Å². The molecule has 0 aliphatic rings. The van der Waals surface area contributed by atoms with Gasteiger partial charge in [-0.3, -0.25) is 9.36 Å². The molecule has 0 atom stereocenters. The molecule has 1 heterocycles. The van der Waals surface area contributed by atoms with E-state index in [-0.39, 0.29) is 11.7 Å². The van der Waals surface area contributed by atoms with Crippen molar-refractivity contribution < 1.29 is 9.53 Å². The summed E-state index contributed by atoms with van der Waals surface area (Å²) in [5.74, 6) is 1.62. The number of amides is 1. The molecule has 0 radical (unpaired) electrons. The van der Waals surface area contributed by atoms with Crippen molar-refractivity contribution in [3.05, 3.63) is 84.4 Å². The smallest absolute Gasteiger partial charge is 0.234 e. The number of aryl methyl sites for hydroxylation is 1. The number of carbonyl (C=O) groups is 1. The van der Waals surface area contributed by atoms with Gasteiger partial charge in [-0.05, 0) is 55.8 Å². The van der Waals surface area contributed by atoms with Gasteiger partial charge in [-0.2, -0.15) is 0 Å². The Balaban J connectivity index is 1.53. The summed E-state index contributed by atoms with van der Waals surface area (Å²) < 4.78 is 7.44. The molecular formula is C25H24N4O2S. The first-order valence-corrected chi connectivity index (χ1v) is 11.4. The first-order valence-electron chi connectivity index (χ1n) is 10.4. The van der Waals surface area contributed by atoms with E-state index in [0.717, 1.165) is 34.1 Å². The molecule has 1 amide bonds. The number of aromatic nitrogens is 3. The van der Waals surface area contributed by atoms with Crippen LogP contribution in [0.2, 0.25) is 0 Å². The van der Waals surface area contributed by atoms with Crippen LogP contribution in [0.15, 0.2) is 84.0 Å². The third-order valence-corrected chi connectivity index (χ3v) is 5.64. The highest BCUT2D eigenvalue weighted by molar-refractivity contribution is 7.99. The van der Waals surface area contributed by atoms with Gasteiger partial charge >= 0.3 is 0 Å². The highest BCUT2D eigenvalue weighted by atomic mass is 32.2. The van der Waals surface area contributed by atoms with Crippen LogP contribution in [0.3, 0.4) is 0 Å². The second kappa shape index (κ2) is 10.2. The SMILES string of the molecule is CCOc1ccc(NC(=O)CSc2nnc(-c3ccccc3)n2-c2cccc(C)c2)cc1. The van der Waals surface area contributed by atoms with Gasteiger partial charge in [0.25, 0.3) is 0 Å². The van der Waals surface area contributed by atoms with Crippen molar-refractivity contribution in [1.29, 1.82) is 0 Å². The van der Waals surface area contributed by atoms with Crippen LogP contribution in [0.4, 0.5) is 5.69 Å². The Morgan fingerprint density at radius 3 is 2.50 bits per heavy atom. The van der Waals surface area contributed by atoms with Crippen molar-refractivity contribution in [2.75, 3.05) is 17.7 Å². The van der Waals surface area contributed by atoms with Crippen LogP contribution < -0.4 is 10.1 Å². The predicted molar refractivity (Wildman–Crippen MR) is 128 cm³/mol. The molecule has 6 nitrogen and oxygen atoms in total. The Bertz CT molecular complexity index is 1190. The van der Waals surface area contributed by atoms with Gasteiger partial charge in [0.2, 0.25) is 5.91 Å². The summed E-state index contributed by atoms with van der Waals surface area (Å²) in [6.07, 6.45) is 0. The molecule has 3 aromatic carbocycles. The number of benzene rings is 3. The van der Waals surface area contributed by atoms with Gasteiger partial charge in [0.15, 0.2) is 11.0 Å². The lowest BCUT2D eigenvalue weighted by Gasteiger charge is -2.11. The van der Waals surface area contributed by atoms with Gasteiger partial charge in [0, 0.05) is 16.9 Å². The lowest BCUT2D eigenvalue weighted by atomic mass is 10.2. The zero-order valence-corrected chi connectivity index (χ0v) is 18.8. The Hall–Kier alpha value is -3.58. The van der Waals surface area contributed by atoms with Crippen molar-refractivity contribution in [3.8, 4) is 22.8 Å². The van der Waals surface area contributed by atoms with E-state index in [1.807, 2.05) is 91.2 Å². The van der Waals surface area contributed by atoms with Crippen LogP contribution in [0.5, 0.6) is 5.75 Å². The summed E-state index contributed by atoms with van der Waals surface area (Å²) in [6, 6.07) is 25.4. The van der Waals surface area contributed by atoms with Crippen LogP contribution in [-0.4, -0.2) is 33.0 Å². The monoisotopic (exact) mass is 444 g/mol. The van der Waals surface area contributed by atoms with Crippen molar-refractivity contribution in [2.24, 2.45) is 0 Å². The number of ether oxygens (including phenoxy) is 1. The van der Waals surface area contributed by atoms with Crippen molar-refractivity contribution in [2.45, 2.75) is 19.0 Å². The first-order chi connectivity index (χ1) is 15.6. The number of nitrogens with one attached hydrogen (secondary N) is 1. The van der Waals surface area contributed by atoms with E-state index in [4.69, 9.17) is 4.74 Å². The van der Waals surface area contributed by atoms with E-state index >= 15 is 0 Å². The number of hydrogen-bond donors (Lipinski definition) is 1. The van der Waals surface area contributed by atoms with Gasteiger partial charge < -0.3 is 10.1 Å². The molecule has 0 bridgehead atoms. The Morgan fingerprint density at radius 2 is 1.78 bits per heavy atom. The van der Waals surface area contributed by atoms with Crippen molar-refractivity contribution in [3.63, 3.8) is 0 Å². The van der Waals surface area contributed by atoms with Gasteiger partial charge in [-0.25, -0.2) is 0 Å². The van der Waals surface area contributed by atoms with Crippen molar-refractivity contribution >= 4 is 23.4 Å². The average molecular weight is 445 g/mol. The Kier molecular flexibility index (Phi) is 6.87. The standard InChI is InChI=1S/C25H24N4O2S/c1-3-31-22-14-12-20(13-15-22)26-23(30)17-32-25-28-27-24(19-9-5-4-6-10-19)29(25)21-11-7-8-18(2)16-21/h4-16H,3,17H2,1-2H3,(H,26,30). The summed E-state index contributed by atoms with van der Waals surface area (Å²) in [7, 11) is 0. The van der Waals surface area contributed by atoms with Crippen LogP contribution >= 0.6 is 11.8 Å². The van der Waals surface area contributed by atoms with E-state index in [0.29, 0.717) is 11.8 Å². The number of carbonyl (C=O) groups excluding carboxylic acids is 1. The zero-order valence-electron chi connectivity index (χ0n) is 18.0. The molecule has 7 heteroatoms. The lowest BCUT2D eigenvalue weighted by molar-refractivity contribution is -0.113. The highest BCUT2D eigenvalue weighted by Crippen LogP contribution is 2.28. The molecule has 162 valence electrons. The van der Waals surface area contributed by atoms with E-state index in [2.05, 4.69) is 21.6 Å². The molecule has 0 fully saturated rings. The van der Waals surface area contributed by atoms with E-state index in [9.17, 15) is 4.79 Å². The minimum atomic E-state index is -0.112. The first kappa shape index (κ1) is 21.6. The molecule has 0 saturated heterocycles. The van der Waals surface area contributed by atoms with Gasteiger partial charge in [0.1, 0.15) is 5.75 Å². The lowest BCUT2D eigenvalue weighted by Crippen LogP contribution is -2.14. The minimum absolute atomic E-state index is 0.112. The highest BCUT2D eigenvalue weighted by Gasteiger charge is 2.17. The molecule has 0 aliphatic carbocycles. The second-order valence-corrected chi connectivity index (χ2v) is 8.08. The molecule has 0 aliphatic heterocycles. The molecule has 4 aromatic rings. The van der Waals surface area contributed by atoms with Crippen LogP contribution in [0.1, 0.15) is 12.5 Å². The third-order valence-electron chi connectivity index (χ3n) is 4.71. The van der Waals surface area contributed by atoms with Gasteiger partial charge in [0.05, 0.1) is 12.4 Å². The summed E-state index contributed by atoms with van der Waals surface area (Å²) in [6.45, 7) is 4.59. The third kappa shape index (κ3) is 5.18. The zero-order chi connectivity index (χ0) is 22.3. The van der Waals surface area contributed by atoms with E-state index < -0.39 is 0 Å². The number of thioether (sulfide) groups is 1. The number of rotatable bonds is 8. The number of anilines is 1. The summed E-state index contributed by atoms with van der Waals surface area (Å²) >= 11 is 1.35. The summed E-state index contributed by atoms with van der Waals surface area (Å²) in [5.41, 5.74) is 3.79. The minimum Gasteiger partial charge on any atom is -0.494 e. The summed E-state index contributed by atoms with van der Waals surface area (Å²) in [4.78, 5) is 12.6. The molecule has 0 unspecified atom stereocenters. The largest absolute Gasteiger partial charge is 0.494 e. The Labute approximate surface area is 191 Å². The van der Waals surface area contributed by atoms with Gasteiger partial charge in [-0.15, -0.1) is 10.2 Å². The maximum atomic E-state index is 12.6. The predicted octanol–water partition coefficient (Wildman–Crippen LogP) is 5.37. The van der Waals surface area contributed by atoms with Gasteiger partial charge in [-0.1, -0.05) is 54.2 Å². The number of nitrogens with zero attached hydrogens (tertiary/aromatic N) is 3. The second-order valence-electron chi connectivity index (χ2n) is 7.14. The Morgan fingerprint density at radius 1 is 1.00 bits per heavy atom. The fourth-order valence-corrected chi connectivity index (χ4v) is 4.02. The molecule has 1 aromatic heterocycles. The average Bonchev–Trinajstić information content (AvgIpc) is 3.24. The quantitative estimate of drug-likeness (QED) is 0.370. The molecule has 32 heavy (non-hydrogen) atoms. The molecule has 0 spiro atoms. The normalized spacial score (nSPS) is 10.7. The molecular weight excluding hydrogens is 420 g/mol. The van der Waals surface area contributed by atoms with Crippen LogP contribution in [0.25, 0.3) is 17.1 Å².